The van der Waals surface area contributed by atoms with Gasteiger partial charge in [-0.1, -0.05) is 30.7 Å². The molecule has 1 aromatic heterocycles. The minimum Gasteiger partial charge on any atom is -0.148 e. The van der Waals surface area contributed by atoms with Crippen LogP contribution in [-0.2, 0) is 6.42 Å². The zero-order valence-electron chi connectivity index (χ0n) is 6.80. The van der Waals surface area contributed by atoms with Gasteiger partial charge in [-0.15, -0.1) is 11.3 Å². The summed E-state index contributed by atoms with van der Waals surface area (Å²) in [7, 11) is 0. The molecule has 2 rings (SSSR count). The Morgan fingerprint density at radius 1 is 1.33 bits per heavy atom. The highest BCUT2D eigenvalue weighted by molar-refractivity contribution is 7.11. The van der Waals surface area contributed by atoms with E-state index in [4.69, 9.17) is 11.6 Å². The third-order valence-corrected chi connectivity index (χ3v) is 3.47. The maximum atomic E-state index is 6.03. The standard InChI is InChI=1S/C10H9ClS/c1-2-10-7-4-3-5-9(11)8(7)6-12-10/h3-6H,2H2,1H3. The number of benzene rings is 1. The van der Waals surface area contributed by atoms with Crippen molar-refractivity contribution in [2.45, 2.75) is 13.3 Å². The van der Waals surface area contributed by atoms with Crippen LogP contribution in [0, 0.1) is 0 Å². The lowest BCUT2D eigenvalue weighted by molar-refractivity contribution is 1.20. The average Bonchev–Trinajstić information content (AvgIpc) is 2.49. The fraction of sp³-hybridized carbons (Fsp3) is 0.200. The Balaban J connectivity index is 2.80. The van der Waals surface area contributed by atoms with Crippen molar-refractivity contribution in [3.05, 3.63) is 33.5 Å². The van der Waals surface area contributed by atoms with E-state index in [0.29, 0.717) is 0 Å². The van der Waals surface area contributed by atoms with Gasteiger partial charge in [0, 0.05) is 20.7 Å². The summed E-state index contributed by atoms with van der Waals surface area (Å²) in [6, 6.07) is 6.09. The van der Waals surface area contributed by atoms with Gasteiger partial charge in [0.05, 0.1) is 0 Å². The van der Waals surface area contributed by atoms with Crippen LogP contribution >= 0.6 is 22.9 Å². The van der Waals surface area contributed by atoms with E-state index >= 15 is 0 Å². The molecule has 0 aliphatic heterocycles. The van der Waals surface area contributed by atoms with Crippen molar-refractivity contribution >= 4 is 33.7 Å². The van der Waals surface area contributed by atoms with Crippen molar-refractivity contribution in [1.82, 2.24) is 0 Å². The Morgan fingerprint density at radius 2 is 2.17 bits per heavy atom. The maximum absolute atomic E-state index is 6.03. The van der Waals surface area contributed by atoms with Crippen molar-refractivity contribution in [3.8, 4) is 0 Å². The number of fused-ring (bicyclic) bond motifs is 1. The molecule has 0 saturated carbocycles. The van der Waals surface area contributed by atoms with Gasteiger partial charge in [-0.25, -0.2) is 0 Å². The number of hydrogen-bond donors (Lipinski definition) is 0. The summed E-state index contributed by atoms with van der Waals surface area (Å²) in [4.78, 5) is 1.42. The first-order valence-electron chi connectivity index (χ1n) is 3.97. The van der Waals surface area contributed by atoms with E-state index in [1.807, 2.05) is 12.1 Å². The second-order valence-electron chi connectivity index (χ2n) is 2.71. The van der Waals surface area contributed by atoms with E-state index in [9.17, 15) is 0 Å². The lowest BCUT2D eigenvalue weighted by Crippen LogP contribution is -1.73. The first kappa shape index (κ1) is 8.09. The van der Waals surface area contributed by atoms with Gasteiger partial charge in [0.15, 0.2) is 0 Å². The van der Waals surface area contributed by atoms with Gasteiger partial charge >= 0.3 is 0 Å². The van der Waals surface area contributed by atoms with Crippen LogP contribution in [0.2, 0.25) is 5.02 Å². The molecular weight excluding hydrogens is 188 g/mol. The second kappa shape index (κ2) is 3.08. The van der Waals surface area contributed by atoms with Crippen LogP contribution in [0.5, 0.6) is 0 Å². The number of thiophene rings is 1. The lowest BCUT2D eigenvalue weighted by atomic mass is 10.2. The van der Waals surface area contributed by atoms with Crippen LogP contribution in [-0.4, -0.2) is 0 Å². The number of halogens is 1. The Morgan fingerprint density at radius 3 is 2.92 bits per heavy atom. The molecule has 1 heterocycles. The summed E-state index contributed by atoms with van der Waals surface area (Å²) in [5, 5.41) is 5.51. The second-order valence-corrected chi connectivity index (χ2v) is 4.08. The molecule has 0 aliphatic carbocycles. The van der Waals surface area contributed by atoms with Gasteiger partial charge in [0.25, 0.3) is 0 Å². The Labute approximate surface area is 80.8 Å². The highest BCUT2D eigenvalue weighted by Gasteiger charge is 2.03. The molecule has 0 saturated heterocycles. The average molecular weight is 197 g/mol. The molecule has 0 spiro atoms. The minimum absolute atomic E-state index is 0.864. The zero-order chi connectivity index (χ0) is 8.55. The van der Waals surface area contributed by atoms with Crippen molar-refractivity contribution in [2.75, 3.05) is 0 Å². The molecule has 0 bridgehead atoms. The lowest BCUT2D eigenvalue weighted by Gasteiger charge is -1.94. The van der Waals surface area contributed by atoms with Crippen LogP contribution in [0.25, 0.3) is 10.8 Å². The molecule has 2 heteroatoms. The predicted molar refractivity (Wildman–Crippen MR) is 56.2 cm³/mol. The molecule has 0 aliphatic rings. The van der Waals surface area contributed by atoms with Crippen LogP contribution in [0.15, 0.2) is 23.6 Å². The normalized spacial score (nSPS) is 10.8. The van der Waals surface area contributed by atoms with Gasteiger partial charge in [-0.2, -0.15) is 0 Å². The smallest absolute Gasteiger partial charge is 0.0492 e. The van der Waals surface area contributed by atoms with Gasteiger partial charge < -0.3 is 0 Å². The van der Waals surface area contributed by atoms with E-state index < -0.39 is 0 Å². The van der Waals surface area contributed by atoms with E-state index in [-0.39, 0.29) is 0 Å². The maximum Gasteiger partial charge on any atom is 0.0492 e. The monoisotopic (exact) mass is 196 g/mol. The number of rotatable bonds is 1. The first-order valence-corrected chi connectivity index (χ1v) is 5.23. The Kier molecular flexibility index (Phi) is 2.07. The highest BCUT2D eigenvalue weighted by atomic mass is 35.5. The minimum atomic E-state index is 0.864. The topological polar surface area (TPSA) is 0 Å². The summed E-state index contributed by atoms with van der Waals surface area (Å²) in [6.45, 7) is 2.17. The highest BCUT2D eigenvalue weighted by Crippen LogP contribution is 2.31. The summed E-state index contributed by atoms with van der Waals surface area (Å²) in [6.07, 6.45) is 1.09. The number of hydrogen-bond acceptors (Lipinski definition) is 1. The van der Waals surface area contributed by atoms with Crippen molar-refractivity contribution in [2.24, 2.45) is 0 Å². The Bertz CT molecular complexity index is 403. The van der Waals surface area contributed by atoms with E-state index in [1.165, 1.54) is 15.6 Å². The van der Waals surface area contributed by atoms with E-state index in [1.54, 1.807) is 11.3 Å². The third-order valence-electron chi connectivity index (χ3n) is 1.99. The molecule has 0 N–H and O–H groups in total. The molecule has 0 fully saturated rings. The van der Waals surface area contributed by atoms with Crippen molar-refractivity contribution < 1.29 is 0 Å². The molecule has 1 aromatic carbocycles. The molecule has 0 atom stereocenters. The SMILES string of the molecule is CCc1scc2c(Cl)cccc12. The van der Waals surface area contributed by atoms with Gasteiger partial charge in [0.1, 0.15) is 0 Å². The van der Waals surface area contributed by atoms with Gasteiger partial charge in [0.2, 0.25) is 0 Å². The molecule has 0 amide bonds. The van der Waals surface area contributed by atoms with Crippen LogP contribution in [0.4, 0.5) is 0 Å². The van der Waals surface area contributed by atoms with Gasteiger partial charge in [-0.05, 0) is 17.9 Å². The molecular formula is C10H9ClS. The molecule has 12 heavy (non-hydrogen) atoms. The summed E-state index contributed by atoms with van der Waals surface area (Å²) < 4.78 is 0. The molecule has 2 aromatic rings. The molecule has 0 radical (unpaired) electrons. The molecule has 0 unspecified atom stereocenters. The van der Waals surface area contributed by atoms with E-state index in [0.717, 1.165) is 11.4 Å². The van der Waals surface area contributed by atoms with E-state index in [2.05, 4.69) is 18.4 Å². The van der Waals surface area contributed by atoms with Crippen LogP contribution < -0.4 is 0 Å². The van der Waals surface area contributed by atoms with Gasteiger partial charge in [-0.3, -0.25) is 0 Å². The van der Waals surface area contributed by atoms with Crippen LogP contribution in [0.3, 0.4) is 0 Å². The predicted octanol–water partition coefficient (Wildman–Crippen LogP) is 4.12. The largest absolute Gasteiger partial charge is 0.148 e. The summed E-state index contributed by atoms with van der Waals surface area (Å²) in [5.74, 6) is 0. The quantitative estimate of drug-likeness (QED) is 0.644. The van der Waals surface area contributed by atoms with Crippen molar-refractivity contribution in [3.63, 3.8) is 0 Å². The first-order chi connectivity index (χ1) is 5.83. The summed E-state index contributed by atoms with van der Waals surface area (Å²) in [5.41, 5.74) is 0. The number of aryl methyl sites for hydroxylation is 1. The third kappa shape index (κ3) is 1.13. The fourth-order valence-corrected chi connectivity index (χ4v) is 2.65. The molecule has 62 valence electrons. The zero-order valence-corrected chi connectivity index (χ0v) is 8.38. The Hall–Kier alpha value is -0.530. The van der Waals surface area contributed by atoms with Crippen molar-refractivity contribution in [1.29, 1.82) is 0 Å². The molecule has 0 nitrogen and oxygen atoms in total. The van der Waals surface area contributed by atoms with Crippen LogP contribution in [0.1, 0.15) is 11.8 Å². The summed E-state index contributed by atoms with van der Waals surface area (Å²) >= 11 is 7.83. The fourth-order valence-electron chi connectivity index (χ4n) is 1.37.